The van der Waals surface area contributed by atoms with E-state index in [1.807, 2.05) is 0 Å². The summed E-state index contributed by atoms with van der Waals surface area (Å²) in [6, 6.07) is -6.56. The lowest BCUT2D eigenvalue weighted by Crippen LogP contribution is -2.59. The topological polar surface area (TPSA) is 295 Å². The van der Waals surface area contributed by atoms with Crippen LogP contribution in [-0.4, -0.2) is 92.4 Å². The first-order chi connectivity index (χ1) is 19.6. The average Bonchev–Trinajstić information content (AvgIpc) is 3.40. The number of carbonyl (C=O) groups is 7. The van der Waals surface area contributed by atoms with E-state index >= 15 is 0 Å². The summed E-state index contributed by atoms with van der Waals surface area (Å²) in [4.78, 5) is 92.6. The molecule has 0 aliphatic heterocycles. The summed E-state index contributed by atoms with van der Waals surface area (Å²) in [5, 5.41) is 19.0. The summed E-state index contributed by atoms with van der Waals surface area (Å²) in [5.41, 5.74) is 16.4. The second-order valence-corrected chi connectivity index (χ2v) is 10.3. The highest BCUT2D eigenvalue weighted by molar-refractivity contribution is 7.80. The van der Waals surface area contributed by atoms with Crippen LogP contribution in [0, 0.1) is 5.92 Å². The van der Waals surface area contributed by atoms with Crippen molar-refractivity contribution < 1.29 is 38.7 Å². The van der Waals surface area contributed by atoms with Gasteiger partial charge in [0.1, 0.15) is 24.2 Å². The largest absolute Gasteiger partial charge is 0.480 e. The number of carbonyl (C=O) groups excluding carboxylic acids is 6. The highest BCUT2D eigenvalue weighted by atomic mass is 32.1. The second kappa shape index (κ2) is 17.6. The molecule has 0 bridgehead atoms. The molecule has 0 aliphatic rings. The third-order valence-electron chi connectivity index (χ3n) is 5.82. The van der Waals surface area contributed by atoms with Crippen molar-refractivity contribution in [2.24, 2.45) is 23.1 Å². The van der Waals surface area contributed by atoms with Gasteiger partial charge in [-0.15, -0.1) is 0 Å². The zero-order valence-corrected chi connectivity index (χ0v) is 24.2. The Labute approximate surface area is 247 Å². The number of aromatic nitrogens is 2. The number of carboxylic acids is 1. The summed E-state index contributed by atoms with van der Waals surface area (Å²) in [7, 11) is 0. The number of hydrogen-bond donors (Lipinski definition) is 10. The number of aliphatic carboxylic acids is 1. The SMILES string of the molecule is CC(C)C[C@H](NC(=O)[C@H](Cc1cnc[nH]1)NC(=O)[C@H](CCC(N)=O)NC(=O)[C@@H](N)CC(N)=O)C(=O)N[C@@H](CS)C(=O)O. The van der Waals surface area contributed by atoms with Crippen LogP contribution in [0.2, 0.25) is 0 Å². The Balaban J connectivity index is 3.22. The minimum atomic E-state index is -1.39. The lowest BCUT2D eigenvalue weighted by Gasteiger charge is -2.26. The van der Waals surface area contributed by atoms with Gasteiger partial charge < -0.3 is 48.6 Å². The predicted octanol–water partition coefficient (Wildman–Crippen LogP) is -3.58. The highest BCUT2D eigenvalue weighted by Gasteiger charge is 2.32. The van der Waals surface area contributed by atoms with Crippen LogP contribution in [0.4, 0.5) is 0 Å². The van der Waals surface area contributed by atoms with Gasteiger partial charge in [-0.2, -0.15) is 12.6 Å². The molecule has 0 unspecified atom stereocenters. The number of imidazole rings is 1. The summed E-state index contributed by atoms with van der Waals surface area (Å²) in [5.74, 6) is -6.57. The monoisotopic (exact) mass is 613 g/mol. The van der Waals surface area contributed by atoms with Crippen LogP contribution in [0.5, 0.6) is 0 Å². The third kappa shape index (κ3) is 13.0. The smallest absolute Gasteiger partial charge is 0.327 e. The van der Waals surface area contributed by atoms with E-state index in [-0.39, 0.29) is 37.4 Å². The number of amides is 6. The molecule has 18 heteroatoms. The van der Waals surface area contributed by atoms with Crippen LogP contribution in [-0.2, 0) is 40.0 Å². The van der Waals surface area contributed by atoms with Gasteiger partial charge >= 0.3 is 5.97 Å². The standard InChI is InChI=1S/C24H39N9O8S/c1-11(2)5-15(22(38)33-17(9-42)24(40)41)31-23(39)16(6-12-8-28-10-29-12)32-21(37)14(3-4-18(26)34)30-20(36)13(25)7-19(27)35/h8,10-11,13-17,42H,3-7,9,25H2,1-2H3,(H2,26,34)(H2,27,35)(H,28,29)(H,30,36)(H,31,39)(H,32,37)(H,33,38)(H,40,41)/t13-,14-,15-,16-,17-/m0/s1. The van der Waals surface area contributed by atoms with Gasteiger partial charge in [0, 0.05) is 30.5 Å². The number of hydrogen-bond acceptors (Lipinski definition) is 10. The molecule has 1 aromatic heterocycles. The van der Waals surface area contributed by atoms with E-state index in [0.29, 0.717) is 5.69 Å². The molecule has 12 N–H and O–H groups in total. The number of primary amides is 2. The Morgan fingerprint density at radius 1 is 0.881 bits per heavy atom. The maximum atomic E-state index is 13.4. The number of rotatable bonds is 19. The zero-order valence-electron chi connectivity index (χ0n) is 23.3. The molecule has 17 nitrogen and oxygen atoms in total. The molecule has 1 rings (SSSR count). The molecule has 0 aromatic carbocycles. The number of H-pyrrole nitrogens is 1. The molecule has 1 heterocycles. The normalized spacial score (nSPS) is 14.5. The van der Waals surface area contributed by atoms with Crippen molar-refractivity contribution in [2.45, 2.75) is 76.2 Å². The van der Waals surface area contributed by atoms with E-state index in [1.165, 1.54) is 12.5 Å². The summed E-state index contributed by atoms with van der Waals surface area (Å²) < 4.78 is 0. The van der Waals surface area contributed by atoms with Crippen LogP contribution in [0.3, 0.4) is 0 Å². The summed E-state index contributed by atoms with van der Waals surface area (Å²) in [6.07, 6.45) is 1.69. The molecule has 0 saturated carbocycles. The van der Waals surface area contributed by atoms with E-state index in [4.69, 9.17) is 17.2 Å². The molecular formula is C24H39N9O8S. The van der Waals surface area contributed by atoms with Gasteiger partial charge in [-0.25, -0.2) is 9.78 Å². The van der Waals surface area contributed by atoms with Gasteiger partial charge in [-0.3, -0.25) is 28.8 Å². The number of thiol groups is 1. The number of nitrogens with one attached hydrogen (secondary N) is 5. The fraction of sp³-hybridized carbons (Fsp3) is 0.583. The number of nitrogens with zero attached hydrogens (tertiary/aromatic N) is 1. The lowest BCUT2D eigenvalue weighted by molar-refractivity contribution is -0.141. The molecule has 0 spiro atoms. The average molecular weight is 614 g/mol. The van der Waals surface area contributed by atoms with Gasteiger partial charge in [0.15, 0.2) is 0 Å². The lowest BCUT2D eigenvalue weighted by atomic mass is 10.0. The first-order valence-corrected chi connectivity index (χ1v) is 13.6. The maximum Gasteiger partial charge on any atom is 0.327 e. The molecule has 1 aromatic rings. The van der Waals surface area contributed by atoms with Gasteiger partial charge in [-0.05, 0) is 18.8 Å². The molecular weight excluding hydrogens is 574 g/mol. The predicted molar refractivity (Wildman–Crippen MR) is 151 cm³/mol. The second-order valence-electron chi connectivity index (χ2n) is 9.96. The molecule has 0 fully saturated rings. The van der Waals surface area contributed by atoms with Crippen LogP contribution in [0.1, 0.15) is 45.2 Å². The molecule has 0 saturated heterocycles. The van der Waals surface area contributed by atoms with E-state index in [0.717, 1.165) is 0 Å². The Hall–Kier alpha value is -4.19. The third-order valence-corrected chi connectivity index (χ3v) is 6.18. The van der Waals surface area contributed by atoms with E-state index in [1.54, 1.807) is 13.8 Å². The van der Waals surface area contributed by atoms with Gasteiger partial charge in [0.25, 0.3) is 0 Å². The Kier molecular flexibility index (Phi) is 15.0. The fourth-order valence-corrected chi connectivity index (χ4v) is 3.92. The van der Waals surface area contributed by atoms with E-state index < -0.39 is 78.0 Å². The van der Waals surface area contributed by atoms with Crippen LogP contribution < -0.4 is 38.5 Å². The van der Waals surface area contributed by atoms with Crippen molar-refractivity contribution in [3.63, 3.8) is 0 Å². The van der Waals surface area contributed by atoms with E-state index in [9.17, 15) is 38.7 Å². The quantitative estimate of drug-likeness (QED) is 0.0684. The Bertz CT molecular complexity index is 1120. The summed E-state index contributed by atoms with van der Waals surface area (Å²) >= 11 is 3.93. The molecule has 0 aliphatic carbocycles. The van der Waals surface area contributed by atoms with Gasteiger partial charge in [0.05, 0.1) is 18.8 Å². The van der Waals surface area contributed by atoms with Crippen molar-refractivity contribution in [1.29, 1.82) is 0 Å². The van der Waals surface area contributed by atoms with Gasteiger partial charge in [0.2, 0.25) is 35.4 Å². The first kappa shape index (κ1) is 35.8. The van der Waals surface area contributed by atoms with Crippen LogP contribution >= 0.6 is 12.6 Å². The molecule has 6 amide bonds. The van der Waals surface area contributed by atoms with E-state index in [2.05, 4.69) is 43.9 Å². The highest BCUT2D eigenvalue weighted by Crippen LogP contribution is 2.09. The fourth-order valence-electron chi connectivity index (χ4n) is 3.67. The number of aromatic amines is 1. The Morgan fingerprint density at radius 3 is 1.93 bits per heavy atom. The zero-order chi connectivity index (χ0) is 32.0. The molecule has 234 valence electrons. The van der Waals surface area contributed by atoms with Gasteiger partial charge in [-0.1, -0.05) is 13.8 Å². The summed E-state index contributed by atoms with van der Waals surface area (Å²) in [6.45, 7) is 3.58. The van der Waals surface area contributed by atoms with Crippen LogP contribution in [0.15, 0.2) is 12.5 Å². The van der Waals surface area contributed by atoms with Crippen molar-refractivity contribution in [3.8, 4) is 0 Å². The first-order valence-electron chi connectivity index (χ1n) is 13.0. The number of nitrogens with two attached hydrogens (primary N) is 3. The minimum Gasteiger partial charge on any atom is -0.480 e. The Morgan fingerprint density at radius 2 is 1.43 bits per heavy atom. The van der Waals surface area contributed by atoms with Crippen molar-refractivity contribution in [1.82, 2.24) is 31.2 Å². The molecule has 5 atom stereocenters. The number of carboxylic acid groups (broad SMARTS) is 1. The van der Waals surface area contributed by atoms with Crippen molar-refractivity contribution in [3.05, 3.63) is 18.2 Å². The molecule has 42 heavy (non-hydrogen) atoms. The van der Waals surface area contributed by atoms with Crippen molar-refractivity contribution >= 4 is 54.0 Å². The minimum absolute atomic E-state index is 0.0982. The van der Waals surface area contributed by atoms with Crippen molar-refractivity contribution in [2.75, 3.05) is 5.75 Å². The maximum absolute atomic E-state index is 13.4. The molecule has 0 radical (unpaired) electrons. The van der Waals surface area contributed by atoms with Crippen LogP contribution in [0.25, 0.3) is 0 Å².